The highest BCUT2D eigenvalue weighted by molar-refractivity contribution is 7.99. The molecule has 0 saturated heterocycles. The minimum atomic E-state index is -0.152. The lowest BCUT2D eigenvalue weighted by Crippen LogP contribution is -2.28. The van der Waals surface area contributed by atoms with Gasteiger partial charge in [-0.3, -0.25) is 14.2 Å². The first-order valence-corrected chi connectivity index (χ1v) is 11.2. The van der Waals surface area contributed by atoms with Gasteiger partial charge in [0.15, 0.2) is 5.16 Å². The number of hydrogen-bond donors (Lipinski definition) is 3. The van der Waals surface area contributed by atoms with Crippen molar-refractivity contribution in [2.24, 2.45) is 0 Å². The monoisotopic (exact) mass is 436 g/mol. The van der Waals surface area contributed by atoms with Crippen molar-refractivity contribution in [2.45, 2.75) is 24.5 Å². The van der Waals surface area contributed by atoms with E-state index in [1.807, 2.05) is 30.5 Å². The van der Waals surface area contributed by atoms with Gasteiger partial charge in [0, 0.05) is 36.8 Å². The van der Waals surface area contributed by atoms with Crippen LogP contribution in [-0.4, -0.2) is 44.5 Å². The van der Waals surface area contributed by atoms with Crippen molar-refractivity contribution in [1.29, 1.82) is 0 Å². The highest BCUT2D eigenvalue weighted by atomic mass is 32.2. The normalized spacial score (nSPS) is 11.3. The third kappa shape index (κ3) is 4.81. The van der Waals surface area contributed by atoms with Gasteiger partial charge in [0.1, 0.15) is 0 Å². The van der Waals surface area contributed by atoms with E-state index in [9.17, 15) is 14.7 Å². The average Bonchev–Trinajstić information content (AvgIpc) is 3.20. The number of aliphatic hydroxyl groups is 1. The molecule has 4 rings (SSSR count). The summed E-state index contributed by atoms with van der Waals surface area (Å²) in [5.41, 5.74) is 2.71. The van der Waals surface area contributed by atoms with Gasteiger partial charge in [0.05, 0.1) is 16.7 Å². The number of H-pyrrole nitrogens is 1. The van der Waals surface area contributed by atoms with E-state index in [0.717, 1.165) is 17.5 Å². The number of aliphatic hydroxyl groups excluding tert-OH is 1. The minimum absolute atomic E-state index is 0.0162. The molecular formula is C23H24N4O3S. The summed E-state index contributed by atoms with van der Waals surface area (Å²) >= 11 is 1.24. The standard InChI is InChI=1S/C23H24N4O3S/c28-13-5-12-27-22(30)18-7-2-4-9-20(18)26-23(27)31-15-21(29)24-11-10-16-14-25-19-8-3-1-6-17(16)19/h1-4,6-9,14,25,28H,5,10-13,15H2,(H,24,29). The summed E-state index contributed by atoms with van der Waals surface area (Å²) in [6, 6.07) is 15.3. The number of thioether (sulfide) groups is 1. The highest BCUT2D eigenvalue weighted by Crippen LogP contribution is 2.19. The van der Waals surface area contributed by atoms with Crippen LogP contribution in [0.5, 0.6) is 0 Å². The van der Waals surface area contributed by atoms with Gasteiger partial charge in [-0.15, -0.1) is 0 Å². The van der Waals surface area contributed by atoms with Crippen LogP contribution in [-0.2, 0) is 17.8 Å². The van der Waals surface area contributed by atoms with E-state index in [2.05, 4.69) is 21.4 Å². The van der Waals surface area contributed by atoms with Crippen LogP contribution in [0.25, 0.3) is 21.8 Å². The van der Waals surface area contributed by atoms with Gasteiger partial charge in [-0.2, -0.15) is 0 Å². The number of para-hydroxylation sites is 2. The number of nitrogens with one attached hydrogen (secondary N) is 2. The molecule has 1 amide bonds. The Morgan fingerprint density at radius 2 is 1.90 bits per heavy atom. The van der Waals surface area contributed by atoms with Gasteiger partial charge >= 0.3 is 0 Å². The molecule has 0 radical (unpaired) electrons. The molecule has 0 aliphatic heterocycles. The highest BCUT2D eigenvalue weighted by Gasteiger charge is 2.13. The van der Waals surface area contributed by atoms with Crippen molar-refractivity contribution in [1.82, 2.24) is 19.9 Å². The first-order valence-electron chi connectivity index (χ1n) is 10.2. The van der Waals surface area contributed by atoms with Gasteiger partial charge in [0.2, 0.25) is 5.91 Å². The van der Waals surface area contributed by atoms with Crippen molar-refractivity contribution < 1.29 is 9.90 Å². The number of amides is 1. The van der Waals surface area contributed by atoms with Gasteiger partial charge in [-0.05, 0) is 36.6 Å². The predicted octanol–water partition coefficient (Wildman–Crippen LogP) is 2.71. The summed E-state index contributed by atoms with van der Waals surface area (Å²) in [6.07, 6.45) is 3.16. The lowest BCUT2D eigenvalue weighted by atomic mass is 10.1. The molecule has 0 bridgehead atoms. The molecule has 4 aromatic rings. The maximum Gasteiger partial charge on any atom is 0.262 e. The molecule has 2 heterocycles. The molecule has 0 spiro atoms. The van der Waals surface area contributed by atoms with Crippen LogP contribution in [0.3, 0.4) is 0 Å². The molecule has 0 fully saturated rings. The predicted molar refractivity (Wildman–Crippen MR) is 123 cm³/mol. The molecule has 160 valence electrons. The van der Waals surface area contributed by atoms with Gasteiger partial charge < -0.3 is 15.4 Å². The fourth-order valence-electron chi connectivity index (χ4n) is 3.54. The van der Waals surface area contributed by atoms with Crippen molar-refractivity contribution >= 4 is 39.5 Å². The molecule has 0 aliphatic carbocycles. The summed E-state index contributed by atoms with van der Waals surface area (Å²) in [4.78, 5) is 33.0. The molecule has 2 aromatic carbocycles. The fourth-order valence-corrected chi connectivity index (χ4v) is 4.40. The Labute approximate surface area is 183 Å². The number of carbonyl (C=O) groups is 1. The Hall–Kier alpha value is -3.10. The second-order valence-corrected chi connectivity index (χ2v) is 8.14. The van der Waals surface area contributed by atoms with Crippen LogP contribution in [0.15, 0.2) is 64.7 Å². The molecule has 0 atom stereocenters. The zero-order chi connectivity index (χ0) is 21.6. The lowest BCUT2D eigenvalue weighted by molar-refractivity contribution is -0.118. The van der Waals surface area contributed by atoms with Crippen molar-refractivity contribution in [3.63, 3.8) is 0 Å². The molecule has 0 unspecified atom stereocenters. The molecule has 2 aromatic heterocycles. The summed E-state index contributed by atoms with van der Waals surface area (Å²) in [6.45, 7) is 0.874. The van der Waals surface area contributed by atoms with Gasteiger partial charge in [-0.1, -0.05) is 42.1 Å². The third-order valence-electron chi connectivity index (χ3n) is 5.09. The molecular weight excluding hydrogens is 412 g/mol. The van der Waals surface area contributed by atoms with Gasteiger partial charge in [0.25, 0.3) is 5.56 Å². The van der Waals surface area contributed by atoms with Crippen LogP contribution in [0.4, 0.5) is 0 Å². The molecule has 7 nitrogen and oxygen atoms in total. The second-order valence-electron chi connectivity index (χ2n) is 7.19. The fraction of sp³-hybridized carbons (Fsp3) is 0.261. The Morgan fingerprint density at radius 3 is 2.74 bits per heavy atom. The van der Waals surface area contributed by atoms with E-state index >= 15 is 0 Å². The molecule has 3 N–H and O–H groups in total. The number of rotatable bonds is 9. The van der Waals surface area contributed by atoms with Crippen LogP contribution in [0, 0.1) is 0 Å². The van der Waals surface area contributed by atoms with E-state index in [1.165, 1.54) is 17.1 Å². The maximum absolute atomic E-state index is 12.8. The number of fused-ring (bicyclic) bond motifs is 2. The Balaban J connectivity index is 1.39. The zero-order valence-electron chi connectivity index (χ0n) is 17.0. The quantitative estimate of drug-likeness (QED) is 0.277. The van der Waals surface area contributed by atoms with Crippen LogP contribution in [0.2, 0.25) is 0 Å². The lowest BCUT2D eigenvalue weighted by Gasteiger charge is -2.12. The first-order chi connectivity index (χ1) is 15.2. The summed E-state index contributed by atoms with van der Waals surface area (Å²) in [7, 11) is 0. The van der Waals surface area contributed by atoms with Crippen LogP contribution >= 0.6 is 11.8 Å². The summed E-state index contributed by atoms with van der Waals surface area (Å²) < 4.78 is 1.54. The van der Waals surface area contributed by atoms with E-state index in [-0.39, 0.29) is 23.8 Å². The average molecular weight is 437 g/mol. The summed E-state index contributed by atoms with van der Waals surface area (Å²) in [5, 5.41) is 14.3. The van der Waals surface area contributed by atoms with Crippen LogP contribution in [0.1, 0.15) is 12.0 Å². The number of aromatic amines is 1. The Kier molecular flexibility index (Phi) is 6.69. The SMILES string of the molecule is O=C(CSc1nc2ccccc2c(=O)n1CCCO)NCCc1c[nH]c2ccccc12. The van der Waals surface area contributed by atoms with Crippen molar-refractivity contribution in [2.75, 3.05) is 18.9 Å². The minimum Gasteiger partial charge on any atom is -0.396 e. The topological polar surface area (TPSA) is 100 Å². The zero-order valence-corrected chi connectivity index (χ0v) is 17.8. The van der Waals surface area contributed by atoms with Gasteiger partial charge in [-0.25, -0.2) is 4.98 Å². The van der Waals surface area contributed by atoms with E-state index in [4.69, 9.17) is 0 Å². The summed E-state index contributed by atoms with van der Waals surface area (Å²) in [5.74, 6) is 0.0542. The molecule has 0 aliphatic rings. The molecule has 8 heteroatoms. The van der Waals surface area contributed by atoms with E-state index in [0.29, 0.717) is 35.6 Å². The molecule has 0 saturated carbocycles. The third-order valence-corrected chi connectivity index (χ3v) is 6.07. The first kappa shape index (κ1) is 21.1. The number of benzene rings is 2. The number of aromatic nitrogens is 3. The number of carbonyl (C=O) groups excluding carboxylic acids is 1. The number of hydrogen-bond acceptors (Lipinski definition) is 5. The van der Waals surface area contributed by atoms with Crippen molar-refractivity contribution in [3.8, 4) is 0 Å². The largest absolute Gasteiger partial charge is 0.396 e. The Morgan fingerprint density at radius 1 is 1.13 bits per heavy atom. The number of nitrogens with zero attached hydrogens (tertiary/aromatic N) is 2. The van der Waals surface area contributed by atoms with E-state index < -0.39 is 0 Å². The van der Waals surface area contributed by atoms with Crippen LogP contribution < -0.4 is 10.9 Å². The molecule has 31 heavy (non-hydrogen) atoms. The maximum atomic E-state index is 12.8. The van der Waals surface area contributed by atoms with Crippen molar-refractivity contribution in [3.05, 3.63) is 70.6 Å². The second kappa shape index (κ2) is 9.80. The smallest absolute Gasteiger partial charge is 0.262 e. The van der Waals surface area contributed by atoms with E-state index in [1.54, 1.807) is 22.8 Å². The Bertz CT molecular complexity index is 1260.